The van der Waals surface area contributed by atoms with Gasteiger partial charge in [0.25, 0.3) is 0 Å². The SMILES string of the molecule is CC#CC1CCN(CC(C)CC)CC1. The van der Waals surface area contributed by atoms with Crippen molar-refractivity contribution in [1.82, 2.24) is 4.90 Å². The lowest BCUT2D eigenvalue weighted by atomic mass is 9.96. The van der Waals surface area contributed by atoms with E-state index in [1.165, 1.54) is 38.9 Å². The molecule has 0 radical (unpaired) electrons. The van der Waals surface area contributed by atoms with Crippen molar-refractivity contribution in [3.63, 3.8) is 0 Å². The van der Waals surface area contributed by atoms with Crippen molar-refractivity contribution >= 4 is 0 Å². The normalized spacial score (nSPS) is 21.4. The van der Waals surface area contributed by atoms with Gasteiger partial charge >= 0.3 is 0 Å². The van der Waals surface area contributed by atoms with Crippen molar-refractivity contribution in [1.29, 1.82) is 0 Å². The maximum atomic E-state index is 3.30. The van der Waals surface area contributed by atoms with Crippen LogP contribution >= 0.6 is 0 Å². The van der Waals surface area contributed by atoms with Crippen molar-refractivity contribution in [2.24, 2.45) is 11.8 Å². The maximum Gasteiger partial charge on any atom is 0.0227 e. The van der Waals surface area contributed by atoms with Gasteiger partial charge in [-0.25, -0.2) is 0 Å². The van der Waals surface area contributed by atoms with Crippen LogP contribution in [0.1, 0.15) is 40.0 Å². The van der Waals surface area contributed by atoms with Crippen LogP contribution in [0.4, 0.5) is 0 Å². The number of rotatable bonds is 3. The van der Waals surface area contributed by atoms with E-state index in [0.29, 0.717) is 5.92 Å². The molecule has 0 N–H and O–H groups in total. The molecule has 1 aliphatic heterocycles. The van der Waals surface area contributed by atoms with Crippen molar-refractivity contribution < 1.29 is 0 Å². The Morgan fingerprint density at radius 2 is 2.00 bits per heavy atom. The first-order valence-corrected chi connectivity index (χ1v) is 5.90. The molecule has 0 aromatic heterocycles. The summed E-state index contributed by atoms with van der Waals surface area (Å²) < 4.78 is 0. The van der Waals surface area contributed by atoms with Crippen molar-refractivity contribution in [3.05, 3.63) is 0 Å². The van der Waals surface area contributed by atoms with Gasteiger partial charge in [0.2, 0.25) is 0 Å². The molecule has 1 saturated heterocycles. The molecule has 0 bridgehead atoms. The molecule has 1 unspecified atom stereocenters. The summed E-state index contributed by atoms with van der Waals surface area (Å²) in [5.74, 6) is 7.86. The van der Waals surface area contributed by atoms with Crippen molar-refractivity contribution in [2.45, 2.75) is 40.0 Å². The lowest BCUT2D eigenvalue weighted by Gasteiger charge is -2.31. The third-order valence-corrected chi connectivity index (χ3v) is 3.20. The highest BCUT2D eigenvalue weighted by atomic mass is 15.1. The van der Waals surface area contributed by atoms with Crippen LogP contribution in [-0.4, -0.2) is 24.5 Å². The molecule has 1 heterocycles. The molecule has 0 aromatic carbocycles. The summed E-state index contributed by atoms with van der Waals surface area (Å²) in [5, 5.41) is 0. The minimum atomic E-state index is 0.674. The maximum absolute atomic E-state index is 3.30. The highest BCUT2D eigenvalue weighted by molar-refractivity contribution is 5.02. The lowest BCUT2D eigenvalue weighted by molar-refractivity contribution is 0.181. The minimum absolute atomic E-state index is 0.674. The Balaban J connectivity index is 2.24. The Bertz CT molecular complexity index is 203. The molecule has 1 atom stereocenters. The second-order valence-electron chi connectivity index (χ2n) is 4.48. The number of piperidine rings is 1. The number of hydrogen-bond donors (Lipinski definition) is 0. The largest absolute Gasteiger partial charge is 0.303 e. The van der Waals surface area contributed by atoms with Crippen LogP contribution in [0.3, 0.4) is 0 Å². The topological polar surface area (TPSA) is 3.24 Å². The summed E-state index contributed by atoms with van der Waals surface area (Å²) in [6.07, 6.45) is 3.85. The zero-order valence-electron chi connectivity index (χ0n) is 9.84. The highest BCUT2D eigenvalue weighted by Crippen LogP contribution is 2.17. The molecule has 1 aliphatic rings. The van der Waals surface area contributed by atoms with Gasteiger partial charge in [-0.2, -0.15) is 0 Å². The lowest BCUT2D eigenvalue weighted by Crippen LogP contribution is -2.36. The molecule has 1 heteroatoms. The van der Waals surface area contributed by atoms with Gasteiger partial charge in [0, 0.05) is 12.5 Å². The van der Waals surface area contributed by atoms with E-state index >= 15 is 0 Å². The molecule has 1 nitrogen and oxygen atoms in total. The molecule has 0 saturated carbocycles. The smallest absolute Gasteiger partial charge is 0.0227 e. The van der Waals surface area contributed by atoms with Gasteiger partial charge in [-0.05, 0) is 38.8 Å². The number of nitrogens with zero attached hydrogens (tertiary/aromatic N) is 1. The Morgan fingerprint density at radius 3 is 2.50 bits per heavy atom. The Labute approximate surface area is 88.9 Å². The van der Waals surface area contributed by atoms with Crippen molar-refractivity contribution in [2.75, 3.05) is 19.6 Å². The van der Waals surface area contributed by atoms with Crippen LogP contribution in [0.15, 0.2) is 0 Å². The average Bonchev–Trinajstić information content (AvgIpc) is 2.21. The summed E-state index contributed by atoms with van der Waals surface area (Å²) in [7, 11) is 0. The fraction of sp³-hybridized carbons (Fsp3) is 0.846. The van der Waals surface area contributed by atoms with Gasteiger partial charge < -0.3 is 4.90 Å². The van der Waals surface area contributed by atoms with Crippen LogP contribution in [0, 0.1) is 23.7 Å². The van der Waals surface area contributed by atoms with E-state index in [0.717, 1.165) is 5.92 Å². The van der Waals surface area contributed by atoms with E-state index < -0.39 is 0 Å². The Morgan fingerprint density at radius 1 is 1.36 bits per heavy atom. The third-order valence-electron chi connectivity index (χ3n) is 3.20. The molecule has 0 amide bonds. The fourth-order valence-corrected chi connectivity index (χ4v) is 2.03. The van der Waals surface area contributed by atoms with Crippen LogP contribution in [0.5, 0.6) is 0 Å². The molecule has 1 fully saturated rings. The first-order chi connectivity index (χ1) is 6.76. The molecule has 80 valence electrons. The standard InChI is InChI=1S/C13H23N/c1-4-6-13-7-9-14(10-8-13)11-12(3)5-2/h12-13H,5,7-11H2,1-3H3. The summed E-state index contributed by atoms with van der Waals surface area (Å²) in [6, 6.07) is 0. The van der Waals surface area contributed by atoms with Gasteiger partial charge in [-0.3, -0.25) is 0 Å². The summed E-state index contributed by atoms with van der Waals surface area (Å²) in [6.45, 7) is 10.4. The number of likely N-dealkylation sites (tertiary alicyclic amines) is 1. The van der Waals surface area contributed by atoms with Crippen molar-refractivity contribution in [3.8, 4) is 11.8 Å². The summed E-state index contributed by atoms with van der Waals surface area (Å²) in [5.41, 5.74) is 0. The van der Waals surface area contributed by atoms with E-state index in [4.69, 9.17) is 0 Å². The molecule has 1 rings (SSSR count). The molecule has 0 aromatic rings. The van der Waals surface area contributed by atoms with E-state index in [2.05, 4.69) is 30.6 Å². The first kappa shape index (κ1) is 11.6. The molecule has 0 spiro atoms. The van der Waals surface area contributed by atoms with Crippen LogP contribution < -0.4 is 0 Å². The zero-order valence-corrected chi connectivity index (χ0v) is 9.84. The second kappa shape index (κ2) is 6.09. The minimum Gasteiger partial charge on any atom is -0.303 e. The van der Waals surface area contributed by atoms with E-state index in [-0.39, 0.29) is 0 Å². The zero-order chi connectivity index (χ0) is 10.4. The molecule has 14 heavy (non-hydrogen) atoms. The molecular formula is C13H23N. The highest BCUT2D eigenvalue weighted by Gasteiger charge is 2.18. The Kier molecular flexibility index (Phi) is 5.04. The van der Waals surface area contributed by atoms with Gasteiger partial charge in [0.05, 0.1) is 0 Å². The van der Waals surface area contributed by atoms with Gasteiger partial charge in [-0.1, -0.05) is 20.3 Å². The predicted molar refractivity (Wildman–Crippen MR) is 62.1 cm³/mol. The average molecular weight is 193 g/mol. The summed E-state index contributed by atoms with van der Waals surface area (Å²) >= 11 is 0. The quantitative estimate of drug-likeness (QED) is 0.623. The summed E-state index contributed by atoms with van der Waals surface area (Å²) in [4.78, 5) is 2.60. The second-order valence-corrected chi connectivity index (χ2v) is 4.48. The Hall–Kier alpha value is -0.480. The van der Waals surface area contributed by atoms with Gasteiger partial charge in [-0.15, -0.1) is 11.8 Å². The monoisotopic (exact) mass is 193 g/mol. The first-order valence-electron chi connectivity index (χ1n) is 5.90. The number of hydrogen-bond acceptors (Lipinski definition) is 1. The van der Waals surface area contributed by atoms with E-state index in [9.17, 15) is 0 Å². The fourth-order valence-electron chi connectivity index (χ4n) is 2.03. The van der Waals surface area contributed by atoms with E-state index in [1.807, 2.05) is 6.92 Å². The van der Waals surface area contributed by atoms with Crippen LogP contribution in [-0.2, 0) is 0 Å². The predicted octanol–water partition coefficient (Wildman–Crippen LogP) is 2.77. The molecule has 0 aliphatic carbocycles. The van der Waals surface area contributed by atoms with Crippen LogP contribution in [0.2, 0.25) is 0 Å². The van der Waals surface area contributed by atoms with Gasteiger partial charge in [0.15, 0.2) is 0 Å². The third kappa shape index (κ3) is 3.72. The van der Waals surface area contributed by atoms with E-state index in [1.54, 1.807) is 0 Å². The van der Waals surface area contributed by atoms with Crippen LogP contribution in [0.25, 0.3) is 0 Å². The molecular weight excluding hydrogens is 170 g/mol. The van der Waals surface area contributed by atoms with Gasteiger partial charge in [0.1, 0.15) is 0 Å².